The number of quaternary nitrogens is 1. The monoisotopic (exact) mass is 257 g/mol. The van der Waals surface area contributed by atoms with E-state index in [1.54, 1.807) is 0 Å². The fraction of sp³-hybridized carbons (Fsp3) is 0.412. The van der Waals surface area contributed by atoms with Crippen molar-refractivity contribution in [3.63, 3.8) is 0 Å². The van der Waals surface area contributed by atoms with Crippen LogP contribution in [0.3, 0.4) is 0 Å². The minimum absolute atomic E-state index is 0.957. The molecule has 2 rings (SSSR count). The molecule has 1 aromatic heterocycles. The number of hydrogen-bond acceptors (Lipinski definition) is 0. The molecule has 0 bridgehead atoms. The summed E-state index contributed by atoms with van der Waals surface area (Å²) in [5, 5.41) is 0. The van der Waals surface area contributed by atoms with Crippen LogP contribution < -0.4 is 0 Å². The van der Waals surface area contributed by atoms with E-state index in [4.69, 9.17) is 0 Å². The van der Waals surface area contributed by atoms with Gasteiger partial charge >= 0.3 is 0 Å². The average Bonchev–Trinajstić information content (AvgIpc) is 2.54. The molecular formula is C17H25N2+. The van der Waals surface area contributed by atoms with Crippen molar-refractivity contribution in [2.45, 2.75) is 27.3 Å². The van der Waals surface area contributed by atoms with Crippen molar-refractivity contribution >= 4 is 0 Å². The predicted molar refractivity (Wildman–Crippen MR) is 81.7 cm³/mol. The zero-order chi connectivity index (χ0) is 14.2. The van der Waals surface area contributed by atoms with Crippen LogP contribution in [0.25, 0.3) is 5.69 Å². The average molecular weight is 257 g/mol. The van der Waals surface area contributed by atoms with Gasteiger partial charge < -0.3 is 9.05 Å². The molecule has 1 heterocycles. The SMILES string of the molecule is Cc1ccc(-n2c(C)cc(C[N+](C)(C)C)c2C)cc1. The van der Waals surface area contributed by atoms with Crippen LogP contribution in [0.1, 0.15) is 22.5 Å². The van der Waals surface area contributed by atoms with Crippen molar-refractivity contribution in [1.29, 1.82) is 0 Å². The molecule has 0 aliphatic heterocycles. The Morgan fingerprint density at radius 2 is 1.53 bits per heavy atom. The van der Waals surface area contributed by atoms with Crippen LogP contribution >= 0.6 is 0 Å². The molecule has 0 unspecified atom stereocenters. The molecule has 19 heavy (non-hydrogen) atoms. The van der Waals surface area contributed by atoms with Gasteiger partial charge in [-0.05, 0) is 39.0 Å². The van der Waals surface area contributed by atoms with Crippen LogP contribution in [0, 0.1) is 20.8 Å². The Kier molecular flexibility index (Phi) is 3.55. The van der Waals surface area contributed by atoms with E-state index in [0.29, 0.717) is 0 Å². The zero-order valence-electron chi connectivity index (χ0n) is 13.0. The van der Waals surface area contributed by atoms with Gasteiger partial charge in [0.25, 0.3) is 0 Å². The molecule has 0 radical (unpaired) electrons. The van der Waals surface area contributed by atoms with Gasteiger partial charge in [0.1, 0.15) is 6.54 Å². The summed E-state index contributed by atoms with van der Waals surface area (Å²) in [6.07, 6.45) is 0. The maximum absolute atomic E-state index is 2.35. The van der Waals surface area contributed by atoms with E-state index < -0.39 is 0 Å². The van der Waals surface area contributed by atoms with Crippen molar-refractivity contribution < 1.29 is 4.48 Å². The van der Waals surface area contributed by atoms with Crippen LogP contribution in [-0.4, -0.2) is 30.2 Å². The third-order valence-electron chi connectivity index (χ3n) is 3.47. The molecule has 0 spiro atoms. The van der Waals surface area contributed by atoms with E-state index in [1.807, 2.05) is 0 Å². The van der Waals surface area contributed by atoms with Gasteiger partial charge in [0.15, 0.2) is 0 Å². The minimum Gasteiger partial charge on any atom is -0.327 e. The molecule has 0 saturated carbocycles. The molecule has 0 atom stereocenters. The van der Waals surface area contributed by atoms with Crippen LogP contribution in [0.5, 0.6) is 0 Å². The van der Waals surface area contributed by atoms with Crippen molar-refractivity contribution in [3.05, 3.63) is 52.8 Å². The summed E-state index contributed by atoms with van der Waals surface area (Å²) in [6, 6.07) is 11.1. The number of benzene rings is 1. The Balaban J connectivity index is 2.45. The molecule has 0 aliphatic rings. The first-order valence-electron chi connectivity index (χ1n) is 6.83. The number of rotatable bonds is 3. The molecule has 0 amide bonds. The zero-order valence-corrected chi connectivity index (χ0v) is 13.0. The maximum Gasteiger partial charge on any atom is 0.106 e. The second kappa shape index (κ2) is 4.86. The molecule has 0 aliphatic carbocycles. The Hall–Kier alpha value is -1.54. The molecule has 2 aromatic rings. The second-order valence-corrected chi connectivity index (χ2v) is 6.52. The molecule has 102 valence electrons. The first-order valence-corrected chi connectivity index (χ1v) is 6.83. The molecule has 0 saturated heterocycles. The highest BCUT2D eigenvalue weighted by Crippen LogP contribution is 2.22. The van der Waals surface area contributed by atoms with Gasteiger partial charge in [0, 0.05) is 22.6 Å². The maximum atomic E-state index is 2.35. The summed E-state index contributed by atoms with van der Waals surface area (Å²) in [4.78, 5) is 0. The van der Waals surface area contributed by atoms with Crippen molar-refractivity contribution in [2.24, 2.45) is 0 Å². The van der Waals surface area contributed by atoms with E-state index in [-0.39, 0.29) is 0 Å². The number of aryl methyl sites for hydroxylation is 2. The third kappa shape index (κ3) is 3.07. The molecule has 1 aromatic carbocycles. The van der Waals surface area contributed by atoms with Gasteiger partial charge in [-0.25, -0.2) is 0 Å². The van der Waals surface area contributed by atoms with Crippen molar-refractivity contribution in [2.75, 3.05) is 21.1 Å². The molecular weight excluding hydrogens is 232 g/mol. The van der Waals surface area contributed by atoms with Crippen LogP contribution in [0.15, 0.2) is 30.3 Å². The predicted octanol–water partition coefficient (Wildman–Crippen LogP) is 3.61. The first kappa shape index (κ1) is 13.9. The van der Waals surface area contributed by atoms with Gasteiger partial charge in [0.05, 0.1) is 21.1 Å². The van der Waals surface area contributed by atoms with Gasteiger partial charge in [-0.3, -0.25) is 0 Å². The standard InChI is InChI=1S/C17H25N2/c1-13-7-9-17(10-8-13)18-14(2)11-16(15(18)3)12-19(4,5)6/h7-11H,12H2,1-6H3/q+1. The number of aromatic nitrogens is 1. The van der Waals surface area contributed by atoms with Crippen LogP contribution in [0.2, 0.25) is 0 Å². The smallest absolute Gasteiger partial charge is 0.106 e. The summed E-state index contributed by atoms with van der Waals surface area (Å²) < 4.78 is 3.31. The summed E-state index contributed by atoms with van der Waals surface area (Å²) in [5.41, 5.74) is 6.66. The number of nitrogens with zero attached hydrogens (tertiary/aromatic N) is 2. The summed E-state index contributed by atoms with van der Waals surface area (Å²) >= 11 is 0. The quantitative estimate of drug-likeness (QED) is 0.740. The first-order chi connectivity index (χ1) is 8.78. The summed E-state index contributed by atoms with van der Waals surface area (Å²) in [7, 11) is 6.70. The van der Waals surface area contributed by atoms with Gasteiger partial charge in [0.2, 0.25) is 0 Å². The minimum atomic E-state index is 0.957. The lowest BCUT2D eigenvalue weighted by Crippen LogP contribution is -2.33. The normalized spacial score (nSPS) is 11.9. The lowest BCUT2D eigenvalue weighted by atomic mass is 10.2. The fourth-order valence-corrected chi connectivity index (χ4v) is 2.59. The van der Waals surface area contributed by atoms with E-state index in [9.17, 15) is 0 Å². The molecule has 0 N–H and O–H groups in total. The van der Waals surface area contributed by atoms with E-state index >= 15 is 0 Å². The number of hydrogen-bond donors (Lipinski definition) is 0. The Morgan fingerprint density at radius 1 is 0.947 bits per heavy atom. The van der Waals surface area contributed by atoms with Crippen molar-refractivity contribution in [3.8, 4) is 5.69 Å². The second-order valence-electron chi connectivity index (χ2n) is 6.52. The van der Waals surface area contributed by atoms with Gasteiger partial charge in [-0.15, -0.1) is 0 Å². The molecule has 2 heteroatoms. The van der Waals surface area contributed by atoms with E-state index in [0.717, 1.165) is 11.0 Å². The molecule has 2 nitrogen and oxygen atoms in total. The Labute approximate surface area is 116 Å². The summed E-state index contributed by atoms with van der Waals surface area (Å²) in [6.45, 7) is 7.59. The fourth-order valence-electron chi connectivity index (χ4n) is 2.59. The van der Waals surface area contributed by atoms with Gasteiger partial charge in [-0.2, -0.15) is 0 Å². The largest absolute Gasteiger partial charge is 0.327 e. The molecule has 0 fully saturated rings. The van der Waals surface area contributed by atoms with E-state index in [2.05, 4.69) is 76.8 Å². The Bertz CT molecular complexity index is 569. The lowest BCUT2D eigenvalue weighted by molar-refractivity contribution is -0.884. The van der Waals surface area contributed by atoms with Crippen molar-refractivity contribution in [1.82, 2.24) is 4.57 Å². The van der Waals surface area contributed by atoms with Crippen LogP contribution in [-0.2, 0) is 6.54 Å². The summed E-state index contributed by atoms with van der Waals surface area (Å²) in [5.74, 6) is 0. The lowest BCUT2D eigenvalue weighted by Gasteiger charge is -2.23. The highest BCUT2D eigenvalue weighted by molar-refractivity contribution is 5.42. The van der Waals surface area contributed by atoms with E-state index in [1.165, 1.54) is 28.2 Å². The van der Waals surface area contributed by atoms with Crippen LogP contribution in [0.4, 0.5) is 0 Å². The third-order valence-corrected chi connectivity index (χ3v) is 3.47. The topological polar surface area (TPSA) is 4.93 Å². The Morgan fingerprint density at radius 3 is 2.05 bits per heavy atom. The van der Waals surface area contributed by atoms with Gasteiger partial charge in [-0.1, -0.05) is 17.7 Å². The highest BCUT2D eigenvalue weighted by Gasteiger charge is 2.16. The highest BCUT2D eigenvalue weighted by atomic mass is 15.3.